The van der Waals surface area contributed by atoms with E-state index < -0.39 is 0 Å². The van der Waals surface area contributed by atoms with Crippen LogP contribution in [0.2, 0.25) is 0 Å². The zero-order chi connectivity index (χ0) is 8.73. The van der Waals surface area contributed by atoms with E-state index in [0.29, 0.717) is 0 Å². The van der Waals surface area contributed by atoms with Crippen molar-refractivity contribution in [2.75, 3.05) is 0 Å². The van der Waals surface area contributed by atoms with Gasteiger partial charge < -0.3 is 0 Å². The number of carbonyl (C=O) groups excluding carboxylic acids is 1. The van der Waals surface area contributed by atoms with Crippen LogP contribution in [0.3, 0.4) is 0 Å². The second-order valence-electron chi connectivity index (χ2n) is 2.18. The van der Waals surface area contributed by atoms with Crippen molar-refractivity contribution < 1.29 is 6.22 Å². The van der Waals surface area contributed by atoms with E-state index in [2.05, 4.69) is 13.2 Å². The van der Waals surface area contributed by atoms with E-state index in [1.54, 1.807) is 6.92 Å². The molecule has 0 saturated heterocycles. The standard InChI is InChI=1S/C7H12O.C2H4/c1-5(2)6(3)7(4)8;1-2/h1-4H3;1-2H2/p+1. The van der Waals surface area contributed by atoms with E-state index >= 15 is 0 Å². The smallest absolute Gasteiger partial charge is 0.295 e. The van der Waals surface area contributed by atoms with Crippen molar-refractivity contribution in [1.29, 1.82) is 0 Å². The van der Waals surface area contributed by atoms with Crippen LogP contribution in [0.25, 0.3) is 0 Å². The summed E-state index contributed by atoms with van der Waals surface area (Å²) in [6.45, 7) is 13.3. The lowest BCUT2D eigenvalue weighted by Gasteiger charge is -1.94. The first-order valence-electron chi connectivity index (χ1n) is 3.20. The molecule has 0 N–H and O–H groups in total. The molecule has 0 aromatic rings. The number of allylic oxidation sites excluding steroid dienone is 2. The van der Waals surface area contributed by atoms with Gasteiger partial charge in [-0.1, -0.05) is 5.57 Å². The van der Waals surface area contributed by atoms with Crippen molar-refractivity contribution in [3.05, 3.63) is 24.3 Å². The molecule has 10 heavy (non-hydrogen) atoms. The predicted molar refractivity (Wildman–Crippen MR) is 47.1 cm³/mol. The summed E-state index contributed by atoms with van der Waals surface area (Å²) < 4.78 is 0. The molecule has 0 aromatic carbocycles. The van der Waals surface area contributed by atoms with Crippen molar-refractivity contribution in [2.24, 2.45) is 0 Å². The average Bonchev–Trinajstić information content (AvgIpc) is 1.90. The topological polar surface area (TPSA) is 17.1 Å². The highest BCUT2D eigenvalue weighted by atomic mass is 16.1. The Labute approximate surface area is 64.9 Å². The van der Waals surface area contributed by atoms with Gasteiger partial charge in [0.05, 0.1) is 0 Å². The van der Waals surface area contributed by atoms with Crippen LogP contribution in [0.15, 0.2) is 24.3 Å². The number of ketones is 1. The minimum Gasteiger partial charge on any atom is -0.295 e. The Bertz CT molecular complexity index is 144. The van der Waals surface area contributed by atoms with Gasteiger partial charge >= 0.3 is 1.43 Å². The minimum atomic E-state index is 0. The van der Waals surface area contributed by atoms with Crippen LogP contribution in [0, 0.1) is 0 Å². The lowest BCUT2D eigenvalue weighted by atomic mass is 10.1. The zero-order valence-corrected chi connectivity index (χ0v) is 7.32. The molecule has 0 heterocycles. The molecule has 0 aliphatic carbocycles. The number of rotatable bonds is 1. The molecule has 0 aliphatic heterocycles. The first kappa shape index (κ1) is 11.9. The fourth-order valence-corrected chi connectivity index (χ4v) is 0.352. The Morgan fingerprint density at radius 2 is 1.40 bits per heavy atom. The number of hydrogen-bond donors (Lipinski definition) is 0. The maximum Gasteiger partial charge on any atom is 1.00 e. The molecular formula is C9H17O+. The largest absolute Gasteiger partial charge is 1.00 e. The molecular weight excluding hydrogens is 124 g/mol. The molecule has 1 nitrogen and oxygen atoms in total. The Morgan fingerprint density at radius 3 is 1.40 bits per heavy atom. The molecule has 0 saturated carbocycles. The van der Waals surface area contributed by atoms with Crippen molar-refractivity contribution >= 4 is 5.78 Å². The van der Waals surface area contributed by atoms with E-state index in [1.807, 2.05) is 20.8 Å². The van der Waals surface area contributed by atoms with Crippen molar-refractivity contribution in [3.63, 3.8) is 0 Å². The van der Waals surface area contributed by atoms with Crippen molar-refractivity contribution in [1.82, 2.24) is 0 Å². The second-order valence-corrected chi connectivity index (χ2v) is 2.18. The van der Waals surface area contributed by atoms with Crippen LogP contribution in [-0.2, 0) is 4.79 Å². The normalized spacial score (nSPS) is 7.20. The highest BCUT2D eigenvalue weighted by Crippen LogP contribution is 2.01. The van der Waals surface area contributed by atoms with Crippen LogP contribution >= 0.6 is 0 Å². The molecule has 0 rings (SSSR count). The number of carbonyl (C=O) groups is 1. The third-order valence-corrected chi connectivity index (χ3v) is 1.28. The van der Waals surface area contributed by atoms with Gasteiger partial charge in [0, 0.05) is 0 Å². The molecule has 0 spiro atoms. The lowest BCUT2D eigenvalue weighted by molar-refractivity contribution is -0.113. The molecule has 0 fully saturated rings. The SMILES string of the molecule is C=C.CC(=O)C(C)=C(C)C.[H+]. The highest BCUT2D eigenvalue weighted by Gasteiger charge is 1.95. The number of hydrogen-bond acceptors (Lipinski definition) is 1. The van der Waals surface area contributed by atoms with E-state index in [-0.39, 0.29) is 7.21 Å². The molecule has 58 valence electrons. The van der Waals surface area contributed by atoms with Gasteiger partial charge in [0.2, 0.25) is 0 Å². The molecule has 0 aliphatic rings. The Kier molecular flexibility index (Phi) is 7.46. The summed E-state index contributed by atoms with van der Waals surface area (Å²) in [4.78, 5) is 10.5. The molecule has 0 bridgehead atoms. The molecule has 0 atom stereocenters. The van der Waals surface area contributed by atoms with Gasteiger partial charge in [-0.2, -0.15) is 0 Å². The van der Waals surface area contributed by atoms with Crippen molar-refractivity contribution in [3.8, 4) is 0 Å². The second kappa shape index (κ2) is 6.27. The fraction of sp³-hybridized carbons (Fsp3) is 0.444. The van der Waals surface area contributed by atoms with Gasteiger partial charge in [0.25, 0.3) is 0 Å². The van der Waals surface area contributed by atoms with E-state index in [4.69, 9.17) is 0 Å². The van der Waals surface area contributed by atoms with E-state index in [9.17, 15) is 4.79 Å². The van der Waals surface area contributed by atoms with Crippen LogP contribution in [0.4, 0.5) is 0 Å². The Morgan fingerprint density at radius 1 is 1.10 bits per heavy atom. The van der Waals surface area contributed by atoms with Gasteiger partial charge in [-0.05, 0) is 33.3 Å². The molecule has 0 aromatic heterocycles. The maximum absolute atomic E-state index is 10.5. The molecule has 1 heteroatoms. The van der Waals surface area contributed by atoms with E-state index in [0.717, 1.165) is 11.1 Å². The zero-order valence-electron chi connectivity index (χ0n) is 8.32. The minimum absolute atomic E-state index is 0. The van der Waals surface area contributed by atoms with Gasteiger partial charge in [-0.3, -0.25) is 4.79 Å². The quantitative estimate of drug-likeness (QED) is 0.405. The van der Waals surface area contributed by atoms with Crippen LogP contribution in [0.1, 0.15) is 29.1 Å². The van der Waals surface area contributed by atoms with Crippen LogP contribution in [0.5, 0.6) is 0 Å². The first-order valence-corrected chi connectivity index (χ1v) is 3.20. The molecule has 0 radical (unpaired) electrons. The summed E-state index contributed by atoms with van der Waals surface area (Å²) in [6, 6.07) is 0. The van der Waals surface area contributed by atoms with Gasteiger partial charge in [0.1, 0.15) is 0 Å². The third kappa shape index (κ3) is 5.29. The van der Waals surface area contributed by atoms with Crippen molar-refractivity contribution in [2.45, 2.75) is 27.7 Å². The first-order chi connectivity index (χ1) is 4.55. The summed E-state index contributed by atoms with van der Waals surface area (Å²) in [5.41, 5.74) is 1.99. The van der Waals surface area contributed by atoms with Gasteiger partial charge in [-0.25, -0.2) is 0 Å². The number of Topliss-reactive ketones (excluding diaryl/α,β-unsaturated/α-hetero) is 1. The van der Waals surface area contributed by atoms with Gasteiger partial charge in [0.15, 0.2) is 5.78 Å². The summed E-state index contributed by atoms with van der Waals surface area (Å²) in [5, 5.41) is 0. The maximum atomic E-state index is 10.5. The summed E-state index contributed by atoms with van der Waals surface area (Å²) in [5.74, 6) is 0.171. The predicted octanol–water partition coefficient (Wildman–Crippen LogP) is 2.85. The summed E-state index contributed by atoms with van der Waals surface area (Å²) >= 11 is 0. The fourth-order valence-electron chi connectivity index (χ4n) is 0.352. The summed E-state index contributed by atoms with van der Waals surface area (Å²) in [7, 11) is 0. The van der Waals surface area contributed by atoms with Crippen LogP contribution < -0.4 is 0 Å². The van der Waals surface area contributed by atoms with Crippen LogP contribution in [-0.4, -0.2) is 5.78 Å². The molecule has 0 unspecified atom stereocenters. The average molecular weight is 141 g/mol. The lowest BCUT2D eigenvalue weighted by Crippen LogP contribution is -1.92. The van der Waals surface area contributed by atoms with Gasteiger partial charge in [-0.15, -0.1) is 13.2 Å². The highest BCUT2D eigenvalue weighted by molar-refractivity contribution is 5.93. The monoisotopic (exact) mass is 141 g/mol. The summed E-state index contributed by atoms with van der Waals surface area (Å²) in [6.07, 6.45) is 0. The molecule has 0 amide bonds. The van der Waals surface area contributed by atoms with E-state index in [1.165, 1.54) is 0 Å². The third-order valence-electron chi connectivity index (χ3n) is 1.28. The Hall–Kier alpha value is -0.850. The Balaban J connectivity index is -0.000000196.